The van der Waals surface area contributed by atoms with Crippen molar-refractivity contribution in [3.8, 4) is 0 Å². The maximum absolute atomic E-state index is 13.7. The molecular weight excluding hydrogens is 233 g/mol. The first-order valence-electron chi connectivity index (χ1n) is 5.45. The van der Waals surface area contributed by atoms with Crippen LogP contribution in [0.3, 0.4) is 0 Å². The fourth-order valence-corrected chi connectivity index (χ4v) is 2.65. The van der Waals surface area contributed by atoms with E-state index in [1.807, 2.05) is 36.4 Å². The molecule has 0 aromatic heterocycles. The molecule has 2 rings (SSSR count). The Morgan fingerprint density at radius 2 is 1.76 bits per heavy atom. The van der Waals surface area contributed by atoms with Crippen LogP contribution in [0.25, 0.3) is 0 Å². The maximum Gasteiger partial charge on any atom is 0.137 e. The molecule has 0 amide bonds. The summed E-state index contributed by atoms with van der Waals surface area (Å²) in [6.07, 6.45) is 0. The van der Waals surface area contributed by atoms with Gasteiger partial charge in [0.25, 0.3) is 0 Å². The zero-order valence-electron chi connectivity index (χ0n) is 9.40. The number of nitrogens with two attached hydrogens (primary N) is 1. The molecule has 0 atom stereocenters. The molecular formula is C14H14FNS. The molecule has 1 nitrogen and oxygen atoms in total. The summed E-state index contributed by atoms with van der Waals surface area (Å²) in [4.78, 5) is 0.666. The summed E-state index contributed by atoms with van der Waals surface area (Å²) in [5.74, 6) is 0.572. The molecule has 0 saturated heterocycles. The lowest BCUT2D eigenvalue weighted by molar-refractivity contribution is 0.597. The smallest absolute Gasteiger partial charge is 0.137 e. The second-order valence-electron chi connectivity index (χ2n) is 3.71. The van der Waals surface area contributed by atoms with Crippen molar-refractivity contribution in [2.45, 2.75) is 17.2 Å². The summed E-state index contributed by atoms with van der Waals surface area (Å²) < 4.78 is 13.7. The third-order valence-corrected chi connectivity index (χ3v) is 3.72. The highest BCUT2D eigenvalue weighted by Gasteiger charge is 2.07. The summed E-state index contributed by atoms with van der Waals surface area (Å²) >= 11 is 1.50. The van der Waals surface area contributed by atoms with Crippen molar-refractivity contribution < 1.29 is 4.39 Å². The van der Waals surface area contributed by atoms with Gasteiger partial charge in [0.05, 0.1) is 0 Å². The van der Waals surface area contributed by atoms with Crippen LogP contribution in [0.5, 0.6) is 0 Å². The van der Waals surface area contributed by atoms with Crippen LogP contribution in [-0.4, -0.2) is 0 Å². The minimum atomic E-state index is -0.186. The monoisotopic (exact) mass is 247 g/mol. The van der Waals surface area contributed by atoms with Crippen molar-refractivity contribution >= 4 is 11.8 Å². The first kappa shape index (κ1) is 12.1. The minimum Gasteiger partial charge on any atom is -0.326 e. The Labute approximate surface area is 105 Å². The van der Waals surface area contributed by atoms with Gasteiger partial charge in [-0.15, -0.1) is 11.8 Å². The number of rotatable bonds is 4. The normalized spacial score (nSPS) is 10.5. The molecule has 2 aromatic rings. The Morgan fingerprint density at radius 1 is 1.00 bits per heavy atom. The number of hydrogen-bond donors (Lipinski definition) is 1. The van der Waals surface area contributed by atoms with E-state index in [9.17, 15) is 4.39 Å². The van der Waals surface area contributed by atoms with Gasteiger partial charge in [0.1, 0.15) is 5.82 Å². The zero-order valence-corrected chi connectivity index (χ0v) is 10.2. The lowest BCUT2D eigenvalue weighted by atomic mass is 10.2. The van der Waals surface area contributed by atoms with Gasteiger partial charge in [0.2, 0.25) is 0 Å². The van der Waals surface area contributed by atoms with Crippen molar-refractivity contribution in [2.24, 2.45) is 5.73 Å². The van der Waals surface area contributed by atoms with E-state index in [4.69, 9.17) is 5.73 Å². The fraction of sp³-hybridized carbons (Fsp3) is 0.143. The van der Waals surface area contributed by atoms with Gasteiger partial charge in [-0.25, -0.2) is 4.39 Å². The van der Waals surface area contributed by atoms with Crippen molar-refractivity contribution in [3.05, 3.63) is 65.5 Å². The summed E-state index contributed by atoms with van der Waals surface area (Å²) in [5.41, 5.74) is 7.66. The van der Waals surface area contributed by atoms with Crippen LogP contribution in [0, 0.1) is 5.82 Å². The highest BCUT2D eigenvalue weighted by atomic mass is 32.2. The van der Waals surface area contributed by atoms with E-state index in [1.165, 1.54) is 23.4 Å². The highest BCUT2D eigenvalue weighted by Crippen LogP contribution is 2.28. The average Bonchev–Trinajstić information content (AvgIpc) is 2.38. The van der Waals surface area contributed by atoms with Gasteiger partial charge in [-0.2, -0.15) is 0 Å². The van der Waals surface area contributed by atoms with Crippen LogP contribution in [0.1, 0.15) is 11.1 Å². The zero-order chi connectivity index (χ0) is 12.1. The van der Waals surface area contributed by atoms with Gasteiger partial charge < -0.3 is 5.73 Å². The molecule has 0 heterocycles. The molecule has 0 radical (unpaired) electrons. The fourth-order valence-electron chi connectivity index (χ4n) is 1.61. The Balaban J connectivity index is 2.14. The molecule has 0 bridgehead atoms. The van der Waals surface area contributed by atoms with E-state index in [1.54, 1.807) is 6.07 Å². The predicted octanol–water partition coefficient (Wildman–Crippen LogP) is 3.58. The molecule has 0 aliphatic rings. The van der Waals surface area contributed by atoms with Gasteiger partial charge in [-0.1, -0.05) is 42.5 Å². The van der Waals surface area contributed by atoms with Gasteiger partial charge in [0.15, 0.2) is 0 Å². The molecule has 17 heavy (non-hydrogen) atoms. The van der Waals surface area contributed by atoms with Crippen LogP contribution in [0.4, 0.5) is 4.39 Å². The van der Waals surface area contributed by atoms with Crippen LogP contribution >= 0.6 is 11.8 Å². The predicted molar refractivity (Wildman–Crippen MR) is 70.3 cm³/mol. The molecule has 2 N–H and O–H groups in total. The summed E-state index contributed by atoms with van der Waals surface area (Å²) in [5, 5.41) is 0. The summed E-state index contributed by atoms with van der Waals surface area (Å²) in [6, 6.07) is 15.1. The maximum atomic E-state index is 13.7. The number of benzene rings is 2. The summed E-state index contributed by atoms with van der Waals surface area (Å²) in [6.45, 7) is 0.370. The van der Waals surface area contributed by atoms with E-state index >= 15 is 0 Å². The topological polar surface area (TPSA) is 26.0 Å². The number of halogens is 1. The molecule has 0 saturated carbocycles. The quantitative estimate of drug-likeness (QED) is 0.836. The Morgan fingerprint density at radius 3 is 2.47 bits per heavy atom. The third kappa shape index (κ3) is 3.08. The molecule has 3 heteroatoms. The standard InChI is InChI=1S/C14H14FNS/c15-13-8-4-7-12(9-16)14(13)17-10-11-5-2-1-3-6-11/h1-8H,9-10,16H2. The van der Waals surface area contributed by atoms with Crippen LogP contribution in [0.15, 0.2) is 53.4 Å². The first-order chi connectivity index (χ1) is 8.31. The van der Waals surface area contributed by atoms with E-state index in [0.717, 1.165) is 11.3 Å². The van der Waals surface area contributed by atoms with Gasteiger partial charge in [0, 0.05) is 17.2 Å². The Hall–Kier alpha value is -1.32. The molecule has 88 valence electrons. The minimum absolute atomic E-state index is 0.186. The SMILES string of the molecule is NCc1cccc(F)c1SCc1ccccc1. The van der Waals surface area contributed by atoms with Crippen LogP contribution < -0.4 is 5.73 Å². The molecule has 0 unspecified atom stereocenters. The molecule has 0 fully saturated rings. The van der Waals surface area contributed by atoms with Crippen LogP contribution in [-0.2, 0) is 12.3 Å². The van der Waals surface area contributed by atoms with Crippen molar-refractivity contribution in [3.63, 3.8) is 0 Å². The number of thioether (sulfide) groups is 1. The Bertz CT molecular complexity index is 485. The van der Waals surface area contributed by atoms with Crippen molar-refractivity contribution in [1.82, 2.24) is 0 Å². The lowest BCUT2D eigenvalue weighted by Gasteiger charge is -2.08. The lowest BCUT2D eigenvalue weighted by Crippen LogP contribution is -2.00. The summed E-state index contributed by atoms with van der Waals surface area (Å²) in [7, 11) is 0. The van der Waals surface area contributed by atoms with Gasteiger partial charge >= 0.3 is 0 Å². The second-order valence-corrected chi connectivity index (χ2v) is 4.69. The number of hydrogen-bond acceptors (Lipinski definition) is 2. The van der Waals surface area contributed by atoms with E-state index in [-0.39, 0.29) is 5.82 Å². The van der Waals surface area contributed by atoms with E-state index in [2.05, 4.69) is 0 Å². The van der Waals surface area contributed by atoms with Gasteiger partial charge in [-0.05, 0) is 17.2 Å². The highest BCUT2D eigenvalue weighted by molar-refractivity contribution is 7.98. The third-order valence-electron chi connectivity index (χ3n) is 2.49. The van der Waals surface area contributed by atoms with E-state index in [0.29, 0.717) is 11.4 Å². The average molecular weight is 247 g/mol. The van der Waals surface area contributed by atoms with E-state index < -0.39 is 0 Å². The largest absolute Gasteiger partial charge is 0.326 e. The van der Waals surface area contributed by atoms with Gasteiger partial charge in [-0.3, -0.25) is 0 Å². The molecule has 2 aromatic carbocycles. The van der Waals surface area contributed by atoms with Crippen LogP contribution in [0.2, 0.25) is 0 Å². The molecule has 0 aliphatic carbocycles. The second kappa shape index (κ2) is 5.84. The molecule has 0 spiro atoms. The van der Waals surface area contributed by atoms with Crippen molar-refractivity contribution in [1.29, 1.82) is 0 Å². The first-order valence-corrected chi connectivity index (χ1v) is 6.44. The Kier molecular flexibility index (Phi) is 4.18. The van der Waals surface area contributed by atoms with Crippen molar-refractivity contribution in [2.75, 3.05) is 0 Å². The molecule has 0 aliphatic heterocycles.